The Balaban J connectivity index is 2.12. The number of thiophene rings is 1. The van der Waals surface area contributed by atoms with E-state index in [4.69, 9.17) is 11.6 Å². The summed E-state index contributed by atoms with van der Waals surface area (Å²) in [5.74, 6) is 0. The topological polar surface area (TPSA) is 59.1 Å². The molecule has 7 heteroatoms. The minimum Gasteiger partial charge on any atom is -0.243 e. The monoisotopic (exact) mass is 330 g/mol. The average molecular weight is 331 g/mol. The lowest BCUT2D eigenvalue weighted by Crippen LogP contribution is -2.36. The van der Waals surface area contributed by atoms with Crippen molar-refractivity contribution in [1.29, 1.82) is 0 Å². The number of hydrogen-bond donors (Lipinski definition) is 1. The maximum Gasteiger partial charge on any atom is 0.242 e. The highest BCUT2D eigenvalue weighted by Crippen LogP contribution is 2.27. The molecule has 108 valence electrons. The first-order valence-corrected chi connectivity index (χ1v) is 8.70. The third-order valence-electron chi connectivity index (χ3n) is 2.90. The average Bonchev–Trinajstić information content (AvgIpc) is 2.92. The highest BCUT2D eigenvalue weighted by molar-refractivity contribution is 7.89. The molecule has 0 atom stereocenters. The van der Waals surface area contributed by atoms with Crippen molar-refractivity contribution in [3.8, 4) is 0 Å². The van der Waals surface area contributed by atoms with Gasteiger partial charge in [0.25, 0.3) is 0 Å². The fraction of sp³-hybridized carbons (Fsp3) is 0.308. The summed E-state index contributed by atoms with van der Waals surface area (Å²) in [7, 11) is -3.57. The van der Waals surface area contributed by atoms with Gasteiger partial charge in [-0.25, -0.2) is 18.1 Å². The maximum atomic E-state index is 12.2. The largest absolute Gasteiger partial charge is 0.243 e. The van der Waals surface area contributed by atoms with Crippen molar-refractivity contribution >= 4 is 33.0 Å². The van der Waals surface area contributed by atoms with Crippen LogP contribution in [0.4, 0.5) is 0 Å². The lowest BCUT2D eigenvalue weighted by Gasteiger charge is -2.23. The minimum atomic E-state index is -3.57. The van der Waals surface area contributed by atoms with E-state index < -0.39 is 10.0 Å². The van der Waals surface area contributed by atoms with Gasteiger partial charge in [-0.2, -0.15) is 0 Å². The molecule has 1 N–H and O–H groups in total. The standard InChI is InChI=1S/C13H15ClN2O2S2/c1-13(2,11-4-3-7-19-11)9-16-20(17,18)10-5-6-12(14)15-8-10/h3-8,16H,9H2,1-2H3. The van der Waals surface area contributed by atoms with Crippen LogP contribution in [0.3, 0.4) is 0 Å². The van der Waals surface area contributed by atoms with E-state index >= 15 is 0 Å². The second kappa shape index (κ2) is 5.81. The van der Waals surface area contributed by atoms with Gasteiger partial charge in [0.2, 0.25) is 10.0 Å². The molecule has 0 fully saturated rings. The quantitative estimate of drug-likeness (QED) is 0.857. The number of nitrogens with zero attached hydrogens (tertiary/aromatic N) is 1. The molecule has 0 amide bonds. The Morgan fingerprint density at radius 2 is 2.10 bits per heavy atom. The fourth-order valence-electron chi connectivity index (χ4n) is 1.63. The van der Waals surface area contributed by atoms with E-state index in [0.717, 1.165) is 4.88 Å². The van der Waals surface area contributed by atoms with Gasteiger partial charge in [-0.3, -0.25) is 0 Å². The van der Waals surface area contributed by atoms with E-state index in [0.29, 0.717) is 6.54 Å². The number of hydrogen-bond acceptors (Lipinski definition) is 4. The first-order valence-electron chi connectivity index (χ1n) is 5.96. The Morgan fingerprint density at radius 1 is 1.35 bits per heavy atom. The molecule has 0 bridgehead atoms. The van der Waals surface area contributed by atoms with E-state index in [-0.39, 0.29) is 15.5 Å². The molecular formula is C13H15ClN2O2S2. The van der Waals surface area contributed by atoms with Crippen molar-refractivity contribution in [2.75, 3.05) is 6.54 Å². The number of sulfonamides is 1. The molecule has 4 nitrogen and oxygen atoms in total. The van der Waals surface area contributed by atoms with Gasteiger partial charge < -0.3 is 0 Å². The van der Waals surface area contributed by atoms with Crippen LogP contribution in [-0.4, -0.2) is 19.9 Å². The van der Waals surface area contributed by atoms with Crippen molar-refractivity contribution in [1.82, 2.24) is 9.71 Å². The van der Waals surface area contributed by atoms with Crippen LogP contribution in [0.15, 0.2) is 40.7 Å². The van der Waals surface area contributed by atoms with Crippen LogP contribution < -0.4 is 4.72 Å². The minimum absolute atomic E-state index is 0.115. The van der Waals surface area contributed by atoms with Crippen molar-refractivity contribution in [2.45, 2.75) is 24.2 Å². The maximum absolute atomic E-state index is 12.2. The molecule has 0 aliphatic rings. The number of halogens is 1. The molecule has 20 heavy (non-hydrogen) atoms. The van der Waals surface area contributed by atoms with Gasteiger partial charge in [0, 0.05) is 23.0 Å². The summed E-state index contributed by atoms with van der Waals surface area (Å²) in [6.45, 7) is 4.32. The summed E-state index contributed by atoms with van der Waals surface area (Å²) in [6, 6.07) is 6.86. The number of pyridine rings is 1. The SMILES string of the molecule is CC(C)(CNS(=O)(=O)c1ccc(Cl)nc1)c1cccs1. The first kappa shape index (κ1) is 15.4. The van der Waals surface area contributed by atoms with E-state index in [1.165, 1.54) is 18.3 Å². The van der Waals surface area contributed by atoms with E-state index in [2.05, 4.69) is 9.71 Å². The Morgan fingerprint density at radius 3 is 2.65 bits per heavy atom. The predicted octanol–water partition coefficient (Wildman–Crippen LogP) is 3.05. The van der Waals surface area contributed by atoms with Gasteiger partial charge in [-0.1, -0.05) is 31.5 Å². The summed E-state index contributed by atoms with van der Waals surface area (Å²) >= 11 is 7.27. The fourth-order valence-corrected chi connectivity index (χ4v) is 3.75. The summed E-state index contributed by atoms with van der Waals surface area (Å²) in [4.78, 5) is 5.04. The lowest BCUT2D eigenvalue weighted by molar-refractivity contribution is 0.509. The van der Waals surface area contributed by atoms with Gasteiger partial charge in [0.1, 0.15) is 10.0 Å². The molecule has 2 aromatic heterocycles. The Bertz CT molecular complexity index is 665. The second-order valence-electron chi connectivity index (χ2n) is 5.00. The van der Waals surface area contributed by atoms with E-state index in [9.17, 15) is 8.42 Å². The lowest BCUT2D eigenvalue weighted by atomic mass is 9.92. The Labute approximate surface area is 127 Å². The van der Waals surface area contributed by atoms with Gasteiger partial charge in [0.05, 0.1) is 0 Å². The predicted molar refractivity (Wildman–Crippen MR) is 81.8 cm³/mol. The summed E-state index contributed by atoms with van der Waals surface area (Å²) in [5.41, 5.74) is -0.263. The van der Waals surface area contributed by atoms with Gasteiger partial charge in [-0.05, 0) is 23.6 Å². The molecular weight excluding hydrogens is 316 g/mol. The molecule has 0 aliphatic heterocycles. The number of aromatic nitrogens is 1. The molecule has 0 radical (unpaired) electrons. The van der Waals surface area contributed by atoms with Crippen LogP contribution in [-0.2, 0) is 15.4 Å². The zero-order chi connectivity index (χ0) is 14.8. The van der Waals surface area contributed by atoms with Crippen LogP contribution in [0.25, 0.3) is 0 Å². The van der Waals surface area contributed by atoms with Crippen molar-refractivity contribution < 1.29 is 8.42 Å². The Kier molecular flexibility index (Phi) is 4.49. The van der Waals surface area contributed by atoms with Gasteiger partial charge >= 0.3 is 0 Å². The van der Waals surface area contributed by atoms with Crippen LogP contribution in [0.5, 0.6) is 0 Å². The molecule has 0 aromatic carbocycles. The van der Waals surface area contributed by atoms with Crippen molar-refractivity contribution in [3.63, 3.8) is 0 Å². The van der Waals surface area contributed by atoms with Crippen LogP contribution >= 0.6 is 22.9 Å². The van der Waals surface area contributed by atoms with Crippen LogP contribution in [0, 0.1) is 0 Å². The van der Waals surface area contributed by atoms with Crippen LogP contribution in [0.2, 0.25) is 5.15 Å². The van der Waals surface area contributed by atoms with Crippen LogP contribution in [0.1, 0.15) is 18.7 Å². The molecule has 2 aromatic rings. The normalized spacial score (nSPS) is 12.6. The second-order valence-corrected chi connectivity index (χ2v) is 8.10. The van der Waals surface area contributed by atoms with E-state index in [1.807, 2.05) is 31.4 Å². The van der Waals surface area contributed by atoms with Crippen molar-refractivity contribution in [3.05, 3.63) is 45.9 Å². The summed E-state index contributed by atoms with van der Waals surface area (Å²) < 4.78 is 27.0. The Hall–Kier alpha value is -0.950. The molecule has 0 aliphatic carbocycles. The highest BCUT2D eigenvalue weighted by Gasteiger charge is 2.25. The first-order chi connectivity index (χ1) is 9.31. The van der Waals surface area contributed by atoms with Gasteiger partial charge in [0.15, 0.2) is 0 Å². The number of rotatable bonds is 5. The molecule has 0 saturated carbocycles. The summed E-state index contributed by atoms with van der Waals surface area (Å²) in [6.07, 6.45) is 1.25. The zero-order valence-electron chi connectivity index (χ0n) is 11.1. The smallest absolute Gasteiger partial charge is 0.242 e. The summed E-state index contributed by atoms with van der Waals surface area (Å²) in [5, 5.41) is 2.25. The van der Waals surface area contributed by atoms with Crippen molar-refractivity contribution in [2.24, 2.45) is 0 Å². The van der Waals surface area contributed by atoms with E-state index in [1.54, 1.807) is 11.3 Å². The molecule has 2 heterocycles. The molecule has 0 unspecified atom stereocenters. The zero-order valence-corrected chi connectivity index (χ0v) is 13.5. The third kappa shape index (κ3) is 3.58. The molecule has 2 rings (SSSR count). The number of nitrogens with one attached hydrogen (secondary N) is 1. The molecule has 0 saturated heterocycles. The van der Waals surface area contributed by atoms with Gasteiger partial charge in [-0.15, -0.1) is 11.3 Å². The molecule has 0 spiro atoms. The third-order valence-corrected chi connectivity index (χ3v) is 5.75. The highest BCUT2D eigenvalue weighted by atomic mass is 35.5.